The molecule has 0 saturated heterocycles. The van der Waals surface area contributed by atoms with E-state index in [4.69, 9.17) is 0 Å². The van der Waals surface area contributed by atoms with Crippen LogP contribution >= 0.6 is 22.6 Å². The minimum Gasteiger partial charge on any atom is -0.207 e. The molecule has 1 aliphatic carbocycles. The number of sulfonamides is 1. The third kappa shape index (κ3) is 3.91. The minimum atomic E-state index is -3.65. The average molecular weight is 515 g/mol. The molecule has 4 rings (SSSR count). The summed E-state index contributed by atoms with van der Waals surface area (Å²) in [5.74, 6) is 0. The SMILES string of the molecule is Cc1ccc(C2=C(I)C(NS(=O)(=O)c3ccc(C)cc3)c3cc(C)ccc32)cc1. The molecule has 5 heteroatoms. The highest BCUT2D eigenvalue weighted by molar-refractivity contribution is 14.1. The molecule has 3 aromatic rings. The molecule has 1 atom stereocenters. The van der Waals surface area contributed by atoms with E-state index in [-0.39, 0.29) is 4.90 Å². The van der Waals surface area contributed by atoms with Crippen LogP contribution in [0.2, 0.25) is 0 Å². The van der Waals surface area contributed by atoms with Gasteiger partial charge in [0, 0.05) is 9.15 Å². The quantitative estimate of drug-likeness (QED) is 0.444. The zero-order valence-electron chi connectivity index (χ0n) is 16.5. The Morgan fingerprint density at radius 1 is 0.793 bits per heavy atom. The van der Waals surface area contributed by atoms with Gasteiger partial charge in [-0.3, -0.25) is 0 Å². The highest BCUT2D eigenvalue weighted by Gasteiger charge is 2.34. The standard InChI is InChI=1S/C24H22INO2S/c1-15-4-9-18(10-5-15)22-20-13-8-17(3)14-21(20)24(23(22)25)26-29(27,28)19-11-6-16(2)7-12-19/h4-14,24,26H,1-3H3. The number of fused-ring (bicyclic) bond motifs is 1. The van der Waals surface area contributed by atoms with E-state index >= 15 is 0 Å². The Kier molecular flexibility index (Phi) is 5.40. The van der Waals surface area contributed by atoms with Gasteiger partial charge in [0.15, 0.2) is 0 Å². The van der Waals surface area contributed by atoms with Crippen LogP contribution in [0.4, 0.5) is 0 Å². The molecule has 0 aromatic heterocycles. The molecular formula is C24H22INO2S. The Balaban J connectivity index is 1.81. The van der Waals surface area contributed by atoms with Crippen molar-refractivity contribution < 1.29 is 8.42 Å². The molecule has 3 aromatic carbocycles. The summed E-state index contributed by atoms with van der Waals surface area (Å²) in [5.41, 5.74) is 7.61. The number of hydrogen-bond acceptors (Lipinski definition) is 2. The molecule has 0 radical (unpaired) electrons. The molecule has 0 spiro atoms. The summed E-state index contributed by atoms with van der Waals surface area (Å²) in [6.07, 6.45) is 0. The van der Waals surface area contributed by atoms with Crippen LogP contribution in [0.1, 0.15) is 39.4 Å². The van der Waals surface area contributed by atoms with Crippen molar-refractivity contribution in [3.63, 3.8) is 0 Å². The van der Waals surface area contributed by atoms with Gasteiger partial charge < -0.3 is 0 Å². The molecule has 0 aliphatic heterocycles. The molecule has 0 amide bonds. The molecule has 1 N–H and O–H groups in total. The van der Waals surface area contributed by atoms with Crippen LogP contribution in [0, 0.1) is 20.8 Å². The van der Waals surface area contributed by atoms with E-state index in [1.54, 1.807) is 12.1 Å². The number of benzene rings is 3. The highest BCUT2D eigenvalue weighted by Crippen LogP contribution is 2.47. The maximum atomic E-state index is 13.1. The van der Waals surface area contributed by atoms with Gasteiger partial charge in [-0.25, -0.2) is 8.42 Å². The molecule has 0 bridgehead atoms. The van der Waals surface area contributed by atoms with Crippen LogP contribution in [0.15, 0.2) is 75.2 Å². The second-order valence-corrected chi connectivity index (χ2v) is 10.4. The molecular weight excluding hydrogens is 493 g/mol. The predicted molar refractivity (Wildman–Crippen MR) is 127 cm³/mol. The Morgan fingerprint density at radius 3 is 1.97 bits per heavy atom. The van der Waals surface area contributed by atoms with Crippen molar-refractivity contribution in [2.75, 3.05) is 0 Å². The maximum absolute atomic E-state index is 13.1. The van der Waals surface area contributed by atoms with Crippen molar-refractivity contribution in [2.45, 2.75) is 31.7 Å². The summed E-state index contributed by atoms with van der Waals surface area (Å²) in [7, 11) is -3.65. The number of halogens is 1. The van der Waals surface area contributed by atoms with Crippen molar-refractivity contribution in [1.82, 2.24) is 4.72 Å². The molecule has 0 fully saturated rings. The van der Waals surface area contributed by atoms with Gasteiger partial charge in [-0.05, 0) is 72.2 Å². The van der Waals surface area contributed by atoms with Gasteiger partial charge >= 0.3 is 0 Å². The maximum Gasteiger partial charge on any atom is 0.241 e. The lowest BCUT2D eigenvalue weighted by molar-refractivity contribution is 0.574. The summed E-state index contributed by atoms with van der Waals surface area (Å²) in [6.45, 7) is 6.04. The Labute approximate surface area is 186 Å². The van der Waals surface area contributed by atoms with Crippen LogP contribution in [-0.2, 0) is 10.0 Å². The largest absolute Gasteiger partial charge is 0.241 e. The van der Waals surface area contributed by atoms with E-state index in [1.165, 1.54) is 5.56 Å². The lowest BCUT2D eigenvalue weighted by Gasteiger charge is -2.16. The molecule has 3 nitrogen and oxygen atoms in total. The monoisotopic (exact) mass is 515 g/mol. The predicted octanol–water partition coefficient (Wildman–Crippen LogP) is 5.84. The first-order chi connectivity index (χ1) is 13.8. The van der Waals surface area contributed by atoms with Crippen LogP contribution in [0.3, 0.4) is 0 Å². The van der Waals surface area contributed by atoms with E-state index in [2.05, 4.69) is 76.7 Å². The van der Waals surface area contributed by atoms with E-state index < -0.39 is 16.1 Å². The van der Waals surface area contributed by atoms with Gasteiger partial charge in [0.25, 0.3) is 0 Å². The van der Waals surface area contributed by atoms with E-state index in [9.17, 15) is 8.42 Å². The van der Waals surface area contributed by atoms with Gasteiger partial charge in [0.1, 0.15) is 0 Å². The Bertz CT molecular complexity index is 1210. The van der Waals surface area contributed by atoms with Gasteiger partial charge in [-0.2, -0.15) is 4.72 Å². The average Bonchev–Trinajstić information content (AvgIpc) is 2.94. The smallest absolute Gasteiger partial charge is 0.207 e. The van der Waals surface area contributed by atoms with E-state index in [1.807, 2.05) is 26.0 Å². The lowest BCUT2D eigenvalue weighted by Crippen LogP contribution is -2.28. The van der Waals surface area contributed by atoms with E-state index in [0.29, 0.717) is 0 Å². The fourth-order valence-electron chi connectivity index (χ4n) is 3.63. The molecule has 0 saturated carbocycles. The number of nitrogens with one attached hydrogen (secondary N) is 1. The Hall–Kier alpha value is -1.96. The van der Waals surface area contributed by atoms with Crippen molar-refractivity contribution in [3.8, 4) is 0 Å². The second kappa shape index (κ2) is 7.70. The number of hydrogen-bond donors (Lipinski definition) is 1. The van der Waals surface area contributed by atoms with Crippen LogP contribution in [0.5, 0.6) is 0 Å². The highest BCUT2D eigenvalue weighted by atomic mass is 127. The van der Waals surface area contributed by atoms with Gasteiger partial charge in [-0.1, -0.05) is 71.3 Å². The summed E-state index contributed by atoms with van der Waals surface area (Å²) >= 11 is 2.29. The zero-order valence-corrected chi connectivity index (χ0v) is 19.5. The summed E-state index contributed by atoms with van der Waals surface area (Å²) in [5, 5.41) is 0. The summed E-state index contributed by atoms with van der Waals surface area (Å²) < 4.78 is 30.1. The van der Waals surface area contributed by atoms with Crippen LogP contribution in [0.25, 0.3) is 5.57 Å². The normalized spacial score (nSPS) is 16.2. The van der Waals surface area contributed by atoms with Gasteiger partial charge in [0.2, 0.25) is 10.0 Å². The first-order valence-electron chi connectivity index (χ1n) is 9.43. The van der Waals surface area contributed by atoms with Gasteiger partial charge in [-0.15, -0.1) is 0 Å². The van der Waals surface area contributed by atoms with Crippen molar-refractivity contribution in [2.24, 2.45) is 0 Å². The number of rotatable bonds is 4. The molecule has 29 heavy (non-hydrogen) atoms. The molecule has 148 valence electrons. The molecule has 0 heterocycles. The summed E-state index contributed by atoms with van der Waals surface area (Å²) in [6, 6.07) is 21.2. The topological polar surface area (TPSA) is 46.2 Å². The van der Waals surface area contributed by atoms with Crippen molar-refractivity contribution in [1.29, 1.82) is 0 Å². The molecule has 1 unspecified atom stereocenters. The van der Waals surface area contributed by atoms with E-state index in [0.717, 1.165) is 37.0 Å². The second-order valence-electron chi connectivity index (χ2n) is 7.55. The first kappa shape index (κ1) is 20.3. The van der Waals surface area contributed by atoms with Crippen molar-refractivity contribution in [3.05, 3.63) is 104 Å². The van der Waals surface area contributed by atoms with Crippen molar-refractivity contribution >= 4 is 38.2 Å². The third-order valence-corrected chi connectivity index (χ3v) is 7.83. The van der Waals surface area contributed by atoms with Gasteiger partial charge in [0.05, 0.1) is 10.9 Å². The fourth-order valence-corrected chi connectivity index (χ4v) is 6.12. The van der Waals surface area contributed by atoms with Crippen LogP contribution in [-0.4, -0.2) is 8.42 Å². The minimum absolute atomic E-state index is 0.283. The summed E-state index contributed by atoms with van der Waals surface area (Å²) in [4.78, 5) is 0.283. The number of aryl methyl sites for hydroxylation is 3. The zero-order chi connectivity index (χ0) is 20.8. The fraction of sp³-hybridized carbons (Fsp3) is 0.167. The van der Waals surface area contributed by atoms with Crippen LogP contribution < -0.4 is 4.72 Å². The first-order valence-corrected chi connectivity index (χ1v) is 12.0. The lowest BCUT2D eigenvalue weighted by atomic mass is 9.97. The molecule has 1 aliphatic rings. The third-order valence-electron chi connectivity index (χ3n) is 5.22. The Morgan fingerprint density at radius 2 is 1.34 bits per heavy atom.